The van der Waals surface area contributed by atoms with E-state index in [4.69, 9.17) is 11.6 Å². The van der Waals surface area contributed by atoms with E-state index in [0.717, 1.165) is 32.5 Å². The number of nitrogens with one attached hydrogen (secondary N) is 1. The summed E-state index contributed by atoms with van der Waals surface area (Å²) >= 11 is 7.40. The van der Waals surface area contributed by atoms with E-state index in [2.05, 4.69) is 15.2 Å². The second-order valence-electron chi connectivity index (χ2n) is 5.49. The van der Waals surface area contributed by atoms with Crippen molar-refractivity contribution in [2.45, 2.75) is 25.4 Å². The summed E-state index contributed by atoms with van der Waals surface area (Å²) in [7, 11) is 0. The summed E-state index contributed by atoms with van der Waals surface area (Å²) in [5.41, 5.74) is 1.87. The molecule has 0 bridgehead atoms. The van der Waals surface area contributed by atoms with E-state index in [-0.39, 0.29) is 11.9 Å². The molecular weight excluding hydrogens is 318 g/mol. The molecule has 3 rings (SSSR count). The van der Waals surface area contributed by atoms with Gasteiger partial charge in [-0.1, -0.05) is 11.6 Å². The maximum atomic E-state index is 12.2. The molecule has 0 atom stereocenters. The SMILES string of the molecule is O=C(NC1CCN(Cc2ccncc2)CC1)c1ccsc1Cl. The van der Waals surface area contributed by atoms with Gasteiger partial charge in [0, 0.05) is 38.1 Å². The molecule has 1 N–H and O–H groups in total. The largest absolute Gasteiger partial charge is 0.349 e. The van der Waals surface area contributed by atoms with Gasteiger partial charge < -0.3 is 5.32 Å². The van der Waals surface area contributed by atoms with Gasteiger partial charge in [-0.3, -0.25) is 14.7 Å². The molecule has 1 fully saturated rings. The highest BCUT2D eigenvalue weighted by Crippen LogP contribution is 2.23. The van der Waals surface area contributed by atoms with Crippen LogP contribution in [0.3, 0.4) is 0 Å². The number of hydrogen-bond acceptors (Lipinski definition) is 4. The molecule has 4 nitrogen and oxygen atoms in total. The molecule has 0 unspecified atom stereocenters. The van der Waals surface area contributed by atoms with Gasteiger partial charge in [0.05, 0.1) is 5.56 Å². The summed E-state index contributed by atoms with van der Waals surface area (Å²) in [5, 5.41) is 4.93. The predicted molar refractivity (Wildman–Crippen MR) is 89.3 cm³/mol. The molecule has 6 heteroatoms. The van der Waals surface area contributed by atoms with Crippen LogP contribution in [-0.2, 0) is 6.54 Å². The fraction of sp³-hybridized carbons (Fsp3) is 0.375. The molecule has 1 saturated heterocycles. The fourth-order valence-electron chi connectivity index (χ4n) is 2.70. The monoisotopic (exact) mass is 335 g/mol. The maximum Gasteiger partial charge on any atom is 0.253 e. The molecular formula is C16H18ClN3OS. The minimum Gasteiger partial charge on any atom is -0.349 e. The number of nitrogens with zero attached hydrogens (tertiary/aromatic N) is 2. The lowest BCUT2D eigenvalue weighted by Gasteiger charge is -2.32. The Balaban J connectivity index is 1.48. The third-order valence-electron chi connectivity index (χ3n) is 3.94. The van der Waals surface area contributed by atoms with Crippen molar-refractivity contribution in [2.24, 2.45) is 0 Å². The van der Waals surface area contributed by atoms with E-state index in [9.17, 15) is 4.79 Å². The zero-order valence-corrected chi connectivity index (χ0v) is 13.7. The van der Waals surface area contributed by atoms with Crippen LogP contribution < -0.4 is 5.32 Å². The van der Waals surface area contributed by atoms with Crippen LogP contribution in [0.5, 0.6) is 0 Å². The van der Waals surface area contributed by atoms with Gasteiger partial charge in [-0.2, -0.15) is 0 Å². The number of likely N-dealkylation sites (tertiary alicyclic amines) is 1. The number of carbonyl (C=O) groups excluding carboxylic acids is 1. The van der Waals surface area contributed by atoms with Crippen LogP contribution in [0, 0.1) is 0 Å². The van der Waals surface area contributed by atoms with Gasteiger partial charge in [0.25, 0.3) is 5.91 Å². The topological polar surface area (TPSA) is 45.2 Å². The van der Waals surface area contributed by atoms with Crippen molar-refractivity contribution in [3.63, 3.8) is 0 Å². The number of rotatable bonds is 4. The first-order valence-corrected chi connectivity index (χ1v) is 8.63. The van der Waals surface area contributed by atoms with Crippen LogP contribution >= 0.6 is 22.9 Å². The van der Waals surface area contributed by atoms with E-state index in [1.165, 1.54) is 16.9 Å². The Morgan fingerprint density at radius 2 is 2.05 bits per heavy atom. The second-order valence-corrected chi connectivity index (χ2v) is 7.01. The molecule has 22 heavy (non-hydrogen) atoms. The van der Waals surface area contributed by atoms with Crippen molar-refractivity contribution in [3.05, 3.63) is 51.4 Å². The second kappa shape index (κ2) is 7.22. The molecule has 0 spiro atoms. The number of hydrogen-bond donors (Lipinski definition) is 1. The average molecular weight is 336 g/mol. The normalized spacial score (nSPS) is 16.6. The Morgan fingerprint density at radius 3 is 2.68 bits per heavy atom. The smallest absolute Gasteiger partial charge is 0.253 e. The highest BCUT2D eigenvalue weighted by molar-refractivity contribution is 7.14. The third-order valence-corrected chi connectivity index (χ3v) is 5.11. The van der Waals surface area contributed by atoms with E-state index < -0.39 is 0 Å². The molecule has 3 heterocycles. The van der Waals surface area contributed by atoms with Gasteiger partial charge in [0.15, 0.2) is 0 Å². The predicted octanol–water partition coefficient (Wildman–Crippen LogP) is 3.19. The first kappa shape index (κ1) is 15.5. The molecule has 0 radical (unpaired) electrons. The molecule has 0 aliphatic carbocycles. The van der Waals surface area contributed by atoms with Crippen molar-refractivity contribution in [1.82, 2.24) is 15.2 Å². The molecule has 1 aliphatic rings. The van der Waals surface area contributed by atoms with Gasteiger partial charge in [0.1, 0.15) is 4.34 Å². The van der Waals surface area contributed by atoms with Crippen molar-refractivity contribution >= 4 is 28.8 Å². The summed E-state index contributed by atoms with van der Waals surface area (Å²) in [6.45, 7) is 2.93. The quantitative estimate of drug-likeness (QED) is 0.933. The summed E-state index contributed by atoms with van der Waals surface area (Å²) in [4.78, 5) is 18.6. The number of piperidine rings is 1. The lowest BCUT2D eigenvalue weighted by atomic mass is 10.0. The van der Waals surface area contributed by atoms with Gasteiger partial charge in [0.2, 0.25) is 0 Å². The van der Waals surface area contributed by atoms with Gasteiger partial charge >= 0.3 is 0 Å². The van der Waals surface area contributed by atoms with Crippen LogP contribution in [0.1, 0.15) is 28.8 Å². The summed E-state index contributed by atoms with van der Waals surface area (Å²) in [6.07, 6.45) is 5.59. The Bertz CT molecular complexity index is 623. The first-order chi connectivity index (χ1) is 10.7. The number of carbonyl (C=O) groups is 1. The van der Waals surface area contributed by atoms with E-state index in [0.29, 0.717) is 9.90 Å². The lowest BCUT2D eigenvalue weighted by molar-refractivity contribution is 0.0909. The Kier molecular flexibility index (Phi) is 5.08. The zero-order valence-electron chi connectivity index (χ0n) is 12.2. The highest BCUT2D eigenvalue weighted by atomic mass is 35.5. The van der Waals surface area contributed by atoms with E-state index >= 15 is 0 Å². The van der Waals surface area contributed by atoms with Gasteiger partial charge in [-0.25, -0.2) is 0 Å². The van der Waals surface area contributed by atoms with Gasteiger partial charge in [-0.15, -0.1) is 11.3 Å². The van der Waals surface area contributed by atoms with Crippen LogP contribution in [-0.4, -0.2) is 34.9 Å². The molecule has 0 aromatic carbocycles. The van der Waals surface area contributed by atoms with E-state index in [1.54, 1.807) is 6.07 Å². The van der Waals surface area contributed by atoms with E-state index in [1.807, 2.05) is 29.9 Å². The number of amides is 1. The van der Waals surface area contributed by atoms with Crippen LogP contribution in [0.4, 0.5) is 0 Å². The van der Waals surface area contributed by atoms with Crippen molar-refractivity contribution in [1.29, 1.82) is 0 Å². The molecule has 2 aromatic rings. The fourth-order valence-corrected chi connectivity index (χ4v) is 3.62. The lowest BCUT2D eigenvalue weighted by Crippen LogP contribution is -2.44. The first-order valence-electron chi connectivity index (χ1n) is 7.37. The summed E-state index contributed by atoms with van der Waals surface area (Å²) in [5.74, 6) is -0.0566. The number of aromatic nitrogens is 1. The standard InChI is InChI=1S/C16H18ClN3OS/c17-15-14(5-10-22-15)16(21)19-13-3-8-20(9-4-13)11-12-1-6-18-7-2-12/h1-2,5-7,10,13H,3-4,8-9,11H2,(H,19,21). The number of thiophene rings is 1. The third kappa shape index (κ3) is 3.85. The maximum absolute atomic E-state index is 12.2. The Hall–Kier alpha value is -1.43. The van der Waals surface area contributed by atoms with Crippen molar-refractivity contribution in [2.75, 3.05) is 13.1 Å². The minimum atomic E-state index is -0.0566. The Morgan fingerprint density at radius 1 is 1.32 bits per heavy atom. The van der Waals surface area contributed by atoms with Crippen molar-refractivity contribution < 1.29 is 4.79 Å². The zero-order chi connectivity index (χ0) is 15.4. The van der Waals surface area contributed by atoms with Crippen molar-refractivity contribution in [3.8, 4) is 0 Å². The van der Waals surface area contributed by atoms with Gasteiger partial charge in [-0.05, 0) is 42.0 Å². The highest BCUT2D eigenvalue weighted by Gasteiger charge is 2.22. The molecule has 1 amide bonds. The van der Waals surface area contributed by atoms with Crippen LogP contribution in [0.15, 0.2) is 36.0 Å². The summed E-state index contributed by atoms with van der Waals surface area (Å²) in [6, 6.07) is 6.11. The summed E-state index contributed by atoms with van der Waals surface area (Å²) < 4.78 is 0.563. The average Bonchev–Trinajstić information content (AvgIpc) is 2.96. The molecule has 2 aromatic heterocycles. The Labute approximate surface area is 139 Å². The molecule has 0 saturated carbocycles. The number of pyridine rings is 1. The minimum absolute atomic E-state index is 0.0566. The van der Waals surface area contributed by atoms with Crippen LogP contribution in [0.2, 0.25) is 4.34 Å². The number of halogens is 1. The molecule has 116 valence electrons. The molecule has 1 aliphatic heterocycles. The van der Waals surface area contributed by atoms with Crippen LogP contribution in [0.25, 0.3) is 0 Å².